The number of hydrogen-bond acceptors (Lipinski definition) is 5. The quantitative estimate of drug-likeness (QED) is 0.639. The van der Waals surface area contributed by atoms with Crippen LogP contribution in [0.4, 0.5) is 11.6 Å². The van der Waals surface area contributed by atoms with E-state index in [-0.39, 0.29) is 17.2 Å². The van der Waals surface area contributed by atoms with Gasteiger partial charge >= 0.3 is 0 Å². The molecule has 0 radical (unpaired) electrons. The molecule has 3 aromatic rings. The molecular formula is C15H15ClN6O. The number of halogens is 1. The van der Waals surface area contributed by atoms with Crippen LogP contribution in [0.3, 0.4) is 0 Å². The van der Waals surface area contributed by atoms with Gasteiger partial charge in [-0.3, -0.25) is 4.79 Å². The van der Waals surface area contributed by atoms with Gasteiger partial charge in [-0.05, 0) is 31.5 Å². The van der Waals surface area contributed by atoms with Gasteiger partial charge in [0.25, 0.3) is 5.91 Å². The zero-order chi connectivity index (χ0) is 16.4. The van der Waals surface area contributed by atoms with E-state index in [4.69, 9.17) is 11.6 Å². The molecule has 3 rings (SSSR count). The Labute approximate surface area is 137 Å². The third-order valence-electron chi connectivity index (χ3n) is 3.11. The number of carbonyl (C=O) groups is 1. The molecule has 0 aromatic carbocycles. The van der Waals surface area contributed by atoms with Gasteiger partial charge in [0.05, 0.1) is 11.1 Å². The van der Waals surface area contributed by atoms with Crippen LogP contribution in [0.2, 0.25) is 5.28 Å². The summed E-state index contributed by atoms with van der Waals surface area (Å²) in [5, 5.41) is 6.82. The number of anilines is 2. The fraction of sp³-hybridized carbons (Fsp3) is 0.200. The lowest BCUT2D eigenvalue weighted by atomic mass is 10.2. The van der Waals surface area contributed by atoms with Gasteiger partial charge in [0.1, 0.15) is 11.6 Å². The summed E-state index contributed by atoms with van der Waals surface area (Å²) in [5.41, 5.74) is 1.37. The minimum absolute atomic E-state index is 0.0730. The highest BCUT2D eigenvalue weighted by Crippen LogP contribution is 2.22. The SMILES string of the molecule is CC(C)NC(=O)c1c[nH]c2cc(Nc3ccnc(Cl)n3)ncc12. The first-order valence-electron chi connectivity index (χ1n) is 7.06. The number of fused-ring (bicyclic) bond motifs is 1. The number of aromatic nitrogens is 4. The van der Waals surface area contributed by atoms with Gasteiger partial charge < -0.3 is 15.6 Å². The van der Waals surface area contributed by atoms with Crippen molar-refractivity contribution in [2.24, 2.45) is 0 Å². The van der Waals surface area contributed by atoms with Gasteiger partial charge in [-0.25, -0.2) is 15.0 Å². The summed E-state index contributed by atoms with van der Waals surface area (Å²) in [6.45, 7) is 3.83. The average molecular weight is 331 g/mol. The van der Waals surface area contributed by atoms with Crippen LogP contribution in [0.5, 0.6) is 0 Å². The van der Waals surface area contributed by atoms with Crippen LogP contribution in [0.15, 0.2) is 30.7 Å². The smallest absolute Gasteiger partial charge is 0.253 e. The molecular weight excluding hydrogens is 316 g/mol. The number of H-pyrrole nitrogens is 1. The summed E-state index contributed by atoms with van der Waals surface area (Å²) in [5.74, 6) is 1.00. The molecule has 0 spiro atoms. The summed E-state index contributed by atoms with van der Waals surface area (Å²) < 4.78 is 0. The first kappa shape index (κ1) is 15.2. The normalized spacial score (nSPS) is 11.0. The van der Waals surface area contributed by atoms with Crippen LogP contribution in [0.25, 0.3) is 10.9 Å². The number of nitrogens with one attached hydrogen (secondary N) is 3. The minimum atomic E-state index is -0.128. The average Bonchev–Trinajstić information content (AvgIpc) is 2.89. The van der Waals surface area contributed by atoms with Crippen molar-refractivity contribution in [1.82, 2.24) is 25.3 Å². The van der Waals surface area contributed by atoms with Gasteiger partial charge in [-0.2, -0.15) is 0 Å². The van der Waals surface area contributed by atoms with Gasteiger partial charge in [-0.15, -0.1) is 0 Å². The summed E-state index contributed by atoms with van der Waals surface area (Å²) in [4.78, 5) is 27.4. The van der Waals surface area contributed by atoms with Crippen molar-refractivity contribution < 1.29 is 4.79 Å². The lowest BCUT2D eigenvalue weighted by molar-refractivity contribution is 0.0945. The molecule has 0 aliphatic rings. The second-order valence-electron chi connectivity index (χ2n) is 5.28. The topological polar surface area (TPSA) is 95.6 Å². The Hall–Kier alpha value is -2.67. The van der Waals surface area contributed by atoms with Crippen LogP contribution in [0, 0.1) is 0 Å². The van der Waals surface area contributed by atoms with Crippen molar-refractivity contribution in [2.75, 3.05) is 5.32 Å². The standard InChI is InChI=1S/C15H15ClN6O/c1-8(2)20-14(23)10-7-18-11-5-13(19-6-9(10)11)21-12-3-4-17-15(16)22-12/h3-8,18H,1-2H3,(H,20,23)(H,17,19,21,22). The van der Waals surface area contributed by atoms with Crippen molar-refractivity contribution in [3.05, 3.63) is 41.6 Å². The molecule has 8 heteroatoms. The monoisotopic (exact) mass is 330 g/mol. The molecule has 0 atom stereocenters. The van der Waals surface area contributed by atoms with Crippen LogP contribution in [-0.4, -0.2) is 31.9 Å². The molecule has 0 unspecified atom stereocenters. The molecule has 3 aromatic heterocycles. The van der Waals surface area contributed by atoms with E-state index in [0.29, 0.717) is 17.2 Å². The first-order valence-corrected chi connectivity index (χ1v) is 7.44. The van der Waals surface area contributed by atoms with Gasteiger partial charge in [0, 0.05) is 36.1 Å². The number of aromatic amines is 1. The molecule has 1 amide bonds. The zero-order valence-corrected chi connectivity index (χ0v) is 13.3. The Morgan fingerprint density at radius 1 is 1.30 bits per heavy atom. The Balaban J connectivity index is 1.87. The third-order valence-corrected chi connectivity index (χ3v) is 3.29. The zero-order valence-electron chi connectivity index (χ0n) is 12.6. The van der Waals surface area contributed by atoms with E-state index in [2.05, 4.69) is 30.6 Å². The number of amides is 1. The fourth-order valence-electron chi connectivity index (χ4n) is 2.15. The lowest BCUT2D eigenvalue weighted by Crippen LogP contribution is -2.29. The maximum Gasteiger partial charge on any atom is 0.253 e. The van der Waals surface area contributed by atoms with E-state index < -0.39 is 0 Å². The summed E-state index contributed by atoms with van der Waals surface area (Å²) in [6, 6.07) is 3.56. The largest absolute Gasteiger partial charge is 0.360 e. The van der Waals surface area contributed by atoms with E-state index in [0.717, 1.165) is 10.9 Å². The maximum absolute atomic E-state index is 12.1. The van der Waals surface area contributed by atoms with Crippen LogP contribution in [0.1, 0.15) is 24.2 Å². The Kier molecular flexibility index (Phi) is 4.12. The number of carbonyl (C=O) groups excluding carboxylic acids is 1. The molecule has 23 heavy (non-hydrogen) atoms. The highest BCUT2D eigenvalue weighted by atomic mass is 35.5. The molecule has 0 aliphatic heterocycles. The molecule has 7 nitrogen and oxygen atoms in total. The molecule has 3 N–H and O–H groups in total. The van der Waals surface area contributed by atoms with E-state index in [1.54, 1.807) is 30.7 Å². The molecule has 0 saturated heterocycles. The number of nitrogens with zero attached hydrogens (tertiary/aromatic N) is 3. The molecule has 0 aliphatic carbocycles. The molecule has 0 bridgehead atoms. The Morgan fingerprint density at radius 2 is 2.13 bits per heavy atom. The van der Waals surface area contributed by atoms with Crippen molar-refractivity contribution in [1.29, 1.82) is 0 Å². The maximum atomic E-state index is 12.1. The van der Waals surface area contributed by atoms with Gasteiger partial charge in [-0.1, -0.05) is 0 Å². The van der Waals surface area contributed by atoms with E-state index in [1.165, 1.54) is 0 Å². The predicted octanol–water partition coefficient (Wildman–Crippen LogP) is 2.89. The minimum Gasteiger partial charge on any atom is -0.360 e. The van der Waals surface area contributed by atoms with Gasteiger partial charge in [0.15, 0.2) is 0 Å². The van der Waals surface area contributed by atoms with Crippen LogP contribution in [-0.2, 0) is 0 Å². The van der Waals surface area contributed by atoms with Crippen molar-refractivity contribution in [2.45, 2.75) is 19.9 Å². The number of rotatable bonds is 4. The highest BCUT2D eigenvalue weighted by molar-refractivity contribution is 6.28. The fourth-order valence-corrected chi connectivity index (χ4v) is 2.30. The summed E-state index contributed by atoms with van der Waals surface area (Å²) >= 11 is 5.75. The molecule has 0 saturated carbocycles. The Bertz CT molecular complexity index is 860. The van der Waals surface area contributed by atoms with E-state index in [9.17, 15) is 4.79 Å². The van der Waals surface area contributed by atoms with Crippen LogP contribution >= 0.6 is 11.6 Å². The molecule has 118 valence electrons. The number of pyridine rings is 1. The van der Waals surface area contributed by atoms with Crippen LogP contribution < -0.4 is 10.6 Å². The number of hydrogen-bond donors (Lipinski definition) is 3. The summed E-state index contributed by atoms with van der Waals surface area (Å²) in [6.07, 6.45) is 4.88. The third kappa shape index (κ3) is 3.40. The second-order valence-corrected chi connectivity index (χ2v) is 5.62. The second kappa shape index (κ2) is 6.21. The lowest BCUT2D eigenvalue weighted by Gasteiger charge is -2.07. The predicted molar refractivity (Wildman–Crippen MR) is 89.0 cm³/mol. The van der Waals surface area contributed by atoms with E-state index >= 15 is 0 Å². The molecule has 0 fully saturated rings. The molecule has 3 heterocycles. The van der Waals surface area contributed by atoms with Crippen molar-refractivity contribution in [3.8, 4) is 0 Å². The first-order chi connectivity index (χ1) is 11.0. The summed E-state index contributed by atoms with van der Waals surface area (Å²) in [7, 11) is 0. The van der Waals surface area contributed by atoms with Crippen molar-refractivity contribution >= 4 is 40.0 Å². The van der Waals surface area contributed by atoms with E-state index in [1.807, 2.05) is 13.8 Å². The van der Waals surface area contributed by atoms with Gasteiger partial charge in [0.2, 0.25) is 5.28 Å². The Morgan fingerprint density at radius 3 is 2.87 bits per heavy atom. The van der Waals surface area contributed by atoms with Crippen molar-refractivity contribution in [3.63, 3.8) is 0 Å². The highest BCUT2D eigenvalue weighted by Gasteiger charge is 2.13.